The summed E-state index contributed by atoms with van der Waals surface area (Å²) in [7, 11) is -2.29. The number of amides is 2. The number of hydrogen-bond donors (Lipinski definition) is 4. The molecule has 6 aromatic rings. The van der Waals surface area contributed by atoms with Crippen molar-refractivity contribution in [3.05, 3.63) is 109 Å². The van der Waals surface area contributed by atoms with Gasteiger partial charge in [-0.1, -0.05) is 42.5 Å². The van der Waals surface area contributed by atoms with E-state index >= 15 is 0 Å². The van der Waals surface area contributed by atoms with Gasteiger partial charge in [0.05, 0.1) is 29.6 Å². The molecule has 1 fully saturated rings. The third-order valence-corrected chi connectivity index (χ3v) is 10.8. The predicted molar refractivity (Wildman–Crippen MR) is 216 cm³/mol. The zero-order valence-corrected chi connectivity index (χ0v) is 31.3. The Morgan fingerprint density at radius 1 is 0.849 bits per heavy atom. The van der Waals surface area contributed by atoms with Crippen molar-refractivity contribution in [3.8, 4) is 23.1 Å². The second-order valence-electron chi connectivity index (χ2n) is 14.7. The highest BCUT2D eigenvalue weighted by Crippen LogP contribution is 2.63. The molecule has 0 atom stereocenters. The van der Waals surface area contributed by atoms with Crippen LogP contribution in [0.4, 0.5) is 27.9 Å². The van der Waals surface area contributed by atoms with Crippen molar-refractivity contribution in [1.82, 2.24) is 24.6 Å². The van der Waals surface area contributed by atoms with Gasteiger partial charge < -0.3 is 24.8 Å². The molecule has 0 aliphatic carbocycles. The van der Waals surface area contributed by atoms with E-state index in [0.29, 0.717) is 35.7 Å². The van der Waals surface area contributed by atoms with Crippen LogP contribution in [0.15, 0.2) is 114 Å². The van der Waals surface area contributed by atoms with Crippen molar-refractivity contribution in [2.24, 2.45) is 0 Å². The van der Waals surface area contributed by atoms with Crippen molar-refractivity contribution in [2.45, 2.75) is 5.03 Å². The Kier molecular flexibility index (Phi) is 10.2. The molecule has 0 saturated carbocycles. The fourth-order valence-corrected chi connectivity index (χ4v) is 6.94. The number of urea groups is 1. The number of carbonyl (C=O) groups is 1. The first-order valence-electron chi connectivity index (χ1n) is 17.6. The molecular weight excluding hydrogens is 689 g/mol. The maximum absolute atomic E-state index is 13.7. The summed E-state index contributed by atoms with van der Waals surface area (Å²) in [6.45, 7) is 4.84. The Morgan fingerprint density at radius 3 is 2.34 bits per heavy atom. The Morgan fingerprint density at radius 2 is 1.58 bits per heavy atom. The minimum absolute atomic E-state index is 0.384. The summed E-state index contributed by atoms with van der Waals surface area (Å²) in [5.41, 5.74) is 2.31. The number of benzene rings is 4. The molecule has 3 N–H and O–H groups in total. The highest BCUT2D eigenvalue weighted by molar-refractivity contribution is 8.47. The van der Waals surface area contributed by atoms with Crippen LogP contribution < -0.4 is 25.4 Å². The molecule has 0 spiro atoms. The van der Waals surface area contributed by atoms with Gasteiger partial charge in [0.2, 0.25) is 11.8 Å². The van der Waals surface area contributed by atoms with Crippen molar-refractivity contribution < 1.29 is 19.0 Å². The van der Waals surface area contributed by atoms with Crippen LogP contribution in [0.5, 0.6) is 17.4 Å². The predicted octanol–water partition coefficient (Wildman–Crippen LogP) is 7.66. The molecule has 1 aliphatic heterocycles. The van der Waals surface area contributed by atoms with Gasteiger partial charge >= 0.3 is 6.03 Å². The number of fused-ring (bicyclic) bond motifs is 1. The number of aromatic nitrogens is 4. The van der Waals surface area contributed by atoms with Crippen LogP contribution >= 0.6 is 9.16 Å². The Bertz CT molecular complexity index is 2190. The third kappa shape index (κ3) is 9.06. The van der Waals surface area contributed by atoms with E-state index in [1.54, 1.807) is 16.9 Å². The van der Waals surface area contributed by atoms with Gasteiger partial charge in [0.1, 0.15) is 23.9 Å². The number of anilines is 4. The van der Waals surface area contributed by atoms with E-state index in [2.05, 4.69) is 55.8 Å². The zero-order chi connectivity index (χ0) is 36.9. The molecule has 13 heteroatoms. The number of morpholine rings is 1. The molecule has 12 nitrogen and oxygen atoms in total. The Labute approximate surface area is 309 Å². The highest BCUT2D eigenvalue weighted by atomic mass is 32.3. The molecule has 2 aromatic heterocycles. The number of thiol groups is 1. The molecule has 3 heterocycles. The first-order valence-corrected chi connectivity index (χ1v) is 21.6. The molecule has 53 heavy (non-hydrogen) atoms. The van der Waals surface area contributed by atoms with E-state index in [4.69, 9.17) is 19.3 Å². The molecule has 1 saturated heterocycles. The normalized spacial score (nSPS) is 14.2. The van der Waals surface area contributed by atoms with Gasteiger partial charge in [-0.2, -0.15) is 10.1 Å². The minimum Gasteiger partial charge on any atom is -0.492 e. The first kappa shape index (κ1) is 35.8. The average molecular weight is 735 g/mol. The van der Waals surface area contributed by atoms with Crippen molar-refractivity contribution in [2.75, 3.05) is 80.4 Å². The monoisotopic (exact) mass is 734 g/mol. The number of carbonyl (C=O) groups excluding carboxylic acids is 1. The van der Waals surface area contributed by atoms with Gasteiger partial charge in [-0.05, 0) is 73.6 Å². The molecule has 2 amide bonds. The van der Waals surface area contributed by atoms with Crippen LogP contribution in [0, 0.1) is 0 Å². The maximum atomic E-state index is 13.7. The third-order valence-electron chi connectivity index (χ3n) is 8.72. The number of ether oxygens (including phenoxy) is 3. The largest absolute Gasteiger partial charge is 0.492 e. The lowest BCUT2D eigenvalue weighted by Crippen LogP contribution is -2.38. The topological polar surface area (TPSA) is 128 Å². The van der Waals surface area contributed by atoms with E-state index in [9.17, 15) is 4.79 Å². The lowest BCUT2D eigenvalue weighted by molar-refractivity contribution is 0.0322. The molecule has 0 bridgehead atoms. The summed E-state index contributed by atoms with van der Waals surface area (Å²) >= 11 is 0. The Hall–Kier alpha value is -5.63. The lowest BCUT2D eigenvalue weighted by atomic mass is 10.1. The van der Waals surface area contributed by atoms with Gasteiger partial charge in [0, 0.05) is 54.4 Å². The van der Waals surface area contributed by atoms with Crippen LogP contribution in [-0.2, 0) is 4.74 Å². The summed E-state index contributed by atoms with van der Waals surface area (Å²) in [5, 5.41) is 16.9. The second-order valence-corrected chi connectivity index (χ2v) is 22.3. The zero-order valence-electron chi connectivity index (χ0n) is 30.5. The number of nitrogens with one attached hydrogen (secondary N) is 3. The molecular formula is C40H46N8O4S. The number of nitrogens with zero attached hydrogens (tertiary/aromatic N) is 5. The van der Waals surface area contributed by atoms with Gasteiger partial charge in [-0.3, -0.25) is 19.4 Å². The van der Waals surface area contributed by atoms with Gasteiger partial charge in [-0.15, -0.1) is 0 Å². The van der Waals surface area contributed by atoms with E-state index < -0.39 is 15.2 Å². The quantitative estimate of drug-likeness (QED) is 0.0938. The van der Waals surface area contributed by atoms with Crippen LogP contribution in [-0.4, -0.2) is 95.2 Å². The van der Waals surface area contributed by atoms with Gasteiger partial charge in [0.15, 0.2) is 0 Å². The van der Waals surface area contributed by atoms with E-state index in [1.807, 2.05) is 97.1 Å². The molecule has 1 aliphatic rings. The summed E-state index contributed by atoms with van der Waals surface area (Å²) in [5.74, 6) is 2.74. The van der Waals surface area contributed by atoms with Crippen LogP contribution in [0.2, 0.25) is 0 Å². The van der Waals surface area contributed by atoms with E-state index in [0.717, 1.165) is 65.8 Å². The SMILES string of the molecule is C[SH](C)(C)(C)c1cc(NC(=O)Nc2ccc(Oc3ccnc(Nc4ccccc4)n3)c3ccccc23)n(-c2ccc(OCCN3CCOCC3)cc2)n1. The van der Waals surface area contributed by atoms with Crippen molar-refractivity contribution in [3.63, 3.8) is 0 Å². The number of para-hydroxylation sites is 1. The molecule has 276 valence electrons. The summed E-state index contributed by atoms with van der Waals surface area (Å²) in [6, 6.07) is 32.2. The standard InChI is InChI=1S/C40H46N8O4S/c1-53(2,3,4)38-28-36(48(46-38)30-14-16-31(17-15-30)51-27-24-47-22-25-50-26-23-47)44-40(49)43-34-18-19-35(33-13-9-8-12-32(33)34)52-37-20-21-41-39(45-37)42-29-10-6-5-7-11-29/h5-21,28,53H,22-27H2,1-4H3,(H,41,42,45)(H2,43,44,49). The summed E-state index contributed by atoms with van der Waals surface area (Å²) < 4.78 is 19.5. The molecule has 0 radical (unpaired) electrons. The average Bonchev–Trinajstić information content (AvgIpc) is 3.58. The van der Waals surface area contributed by atoms with Crippen molar-refractivity contribution in [1.29, 1.82) is 0 Å². The fraction of sp³-hybridized carbons (Fsp3) is 0.250. The fourth-order valence-electron chi connectivity index (χ4n) is 5.85. The number of rotatable bonds is 12. The molecule has 7 rings (SSSR count). The molecule has 0 unspecified atom stereocenters. The summed E-state index contributed by atoms with van der Waals surface area (Å²) in [6.07, 6.45) is 10.6. The van der Waals surface area contributed by atoms with Gasteiger partial charge in [0.25, 0.3) is 0 Å². The maximum Gasteiger partial charge on any atom is 0.324 e. The van der Waals surface area contributed by atoms with Gasteiger partial charge in [-0.25, -0.2) is 14.5 Å². The molecule has 4 aromatic carbocycles. The van der Waals surface area contributed by atoms with Crippen LogP contribution in [0.1, 0.15) is 0 Å². The summed E-state index contributed by atoms with van der Waals surface area (Å²) in [4.78, 5) is 24.9. The smallest absolute Gasteiger partial charge is 0.324 e. The minimum atomic E-state index is -2.29. The van der Waals surface area contributed by atoms with E-state index in [1.165, 1.54) is 0 Å². The Balaban J connectivity index is 1.07. The van der Waals surface area contributed by atoms with Crippen LogP contribution in [0.25, 0.3) is 16.5 Å². The van der Waals surface area contributed by atoms with Crippen molar-refractivity contribution >= 4 is 49.1 Å². The highest BCUT2D eigenvalue weighted by Gasteiger charge is 2.27. The lowest BCUT2D eigenvalue weighted by Gasteiger charge is -2.44. The number of hydrogen-bond acceptors (Lipinski definition) is 9. The van der Waals surface area contributed by atoms with Crippen LogP contribution in [0.3, 0.4) is 0 Å². The first-order chi connectivity index (χ1) is 25.5. The second kappa shape index (κ2) is 15.2. The van der Waals surface area contributed by atoms with E-state index in [-0.39, 0.29) is 0 Å².